The van der Waals surface area contributed by atoms with Crippen LogP contribution in [-0.4, -0.2) is 24.1 Å². The first kappa shape index (κ1) is 14.2. The molecule has 1 rings (SSSR count). The van der Waals surface area contributed by atoms with E-state index in [1.165, 1.54) is 6.07 Å². The van der Waals surface area contributed by atoms with Crippen LogP contribution in [-0.2, 0) is 4.74 Å². The molecule has 2 N–H and O–H groups in total. The number of nitrogens with two attached hydrogens (primary N) is 1. The second-order valence-corrected chi connectivity index (χ2v) is 5.25. The molecule has 0 unspecified atom stereocenters. The van der Waals surface area contributed by atoms with Gasteiger partial charge in [-0.15, -0.1) is 0 Å². The summed E-state index contributed by atoms with van der Waals surface area (Å²) in [6.45, 7) is 2.52. The molecule has 0 atom stereocenters. The van der Waals surface area contributed by atoms with Crippen molar-refractivity contribution in [1.29, 1.82) is 0 Å². The minimum Gasteiger partial charge on any atom is -0.462 e. The van der Waals surface area contributed by atoms with Gasteiger partial charge in [-0.1, -0.05) is 18.5 Å². The lowest BCUT2D eigenvalue weighted by atomic mass is 10.2. The average Bonchev–Trinajstić information content (AvgIpc) is 2.32. The van der Waals surface area contributed by atoms with Crippen LogP contribution in [0.2, 0.25) is 5.02 Å². The molecule has 0 heterocycles. The molecule has 94 valence electrons. The summed E-state index contributed by atoms with van der Waals surface area (Å²) in [6, 6.07) is 4.78. The van der Waals surface area contributed by atoms with Gasteiger partial charge in [-0.3, -0.25) is 0 Å². The number of anilines is 1. The molecular formula is C12H16ClNO2S. The normalized spacial score (nSPS) is 10.2. The van der Waals surface area contributed by atoms with Gasteiger partial charge in [0, 0.05) is 10.7 Å². The van der Waals surface area contributed by atoms with Crippen LogP contribution in [0.5, 0.6) is 0 Å². The number of thioether (sulfide) groups is 1. The van der Waals surface area contributed by atoms with Crippen molar-refractivity contribution in [2.24, 2.45) is 0 Å². The summed E-state index contributed by atoms with van der Waals surface area (Å²) in [4.78, 5) is 11.7. The second kappa shape index (κ2) is 7.45. The largest absolute Gasteiger partial charge is 0.462 e. The molecule has 0 bridgehead atoms. The van der Waals surface area contributed by atoms with Crippen LogP contribution in [0, 0.1) is 0 Å². The average molecular weight is 274 g/mol. The summed E-state index contributed by atoms with van der Waals surface area (Å²) in [6.07, 6.45) is 0.852. The molecule has 0 saturated heterocycles. The van der Waals surface area contributed by atoms with E-state index in [0.717, 1.165) is 17.9 Å². The van der Waals surface area contributed by atoms with Gasteiger partial charge < -0.3 is 10.5 Å². The summed E-state index contributed by atoms with van der Waals surface area (Å²) in [5.74, 6) is 1.66. The molecule has 3 nitrogen and oxygen atoms in total. The number of nitrogen functional groups attached to an aromatic ring is 1. The first-order chi connectivity index (χ1) is 8.15. The van der Waals surface area contributed by atoms with E-state index in [1.54, 1.807) is 12.1 Å². The number of halogens is 1. The van der Waals surface area contributed by atoms with Crippen molar-refractivity contribution in [3.8, 4) is 0 Å². The quantitative estimate of drug-likeness (QED) is 0.491. The first-order valence-electron chi connectivity index (χ1n) is 5.45. The van der Waals surface area contributed by atoms with E-state index in [0.29, 0.717) is 22.9 Å². The van der Waals surface area contributed by atoms with Crippen molar-refractivity contribution in [2.75, 3.05) is 23.8 Å². The zero-order valence-electron chi connectivity index (χ0n) is 9.74. The molecule has 0 fully saturated rings. The van der Waals surface area contributed by atoms with E-state index in [4.69, 9.17) is 22.1 Å². The third-order valence-corrected chi connectivity index (χ3v) is 3.33. The van der Waals surface area contributed by atoms with Gasteiger partial charge in [-0.2, -0.15) is 11.8 Å². The van der Waals surface area contributed by atoms with E-state index in [9.17, 15) is 4.79 Å². The summed E-state index contributed by atoms with van der Waals surface area (Å²) >= 11 is 7.62. The molecule has 0 aliphatic rings. The van der Waals surface area contributed by atoms with Crippen molar-refractivity contribution in [2.45, 2.75) is 13.3 Å². The van der Waals surface area contributed by atoms with Gasteiger partial charge in [0.2, 0.25) is 0 Å². The van der Waals surface area contributed by atoms with Gasteiger partial charge in [0.05, 0.1) is 12.2 Å². The Morgan fingerprint density at radius 2 is 2.29 bits per heavy atom. The number of benzene rings is 1. The maximum atomic E-state index is 11.7. The molecule has 5 heteroatoms. The molecule has 0 amide bonds. The van der Waals surface area contributed by atoms with Gasteiger partial charge in [0.15, 0.2) is 0 Å². The number of hydrogen-bond donors (Lipinski definition) is 1. The number of carbonyl (C=O) groups is 1. The Morgan fingerprint density at radius 3 is 3.00 bits per heavy atom. The highest BCUT2D eigenvalue weighted by Crippen LogP contribution is 2.18. The van der Waals surface area contributed by atoms with E-state index in [2.05, 4.69) is 6.92 Å². The lowest BCUT2D eigenvalue weighted by Crippen LogP contribution is -2.09. The number of carbonyl (C=O) groups excluding carboxylic acids is 1. The number of hydrogen-bond acceptors (Lipinski definition) is 4. The molecule has 0 aliphatic heterocycles. The highest BCUT2D eigenvalue weighted by atomic mass is 35.5. The van der Waals surface area contributed by atoms with Crippen molar-refractivity contribution < 1.29 is 9.53 Å². The van der Waals surface area contributed by atoms with Crippen LogP contribution in [0.3, 0.4) is 0 Å². The van der Waals surface area contributed by atoms with Crippen molar-refractivity contribution in [3.05, 3.63) is 28.8 Å². The smallest absolute Gasteiger partial charge is 0.340 e. The third kappa shape index (κ3) is 4.88. The molecule has 0 radical (unpaired) electrons. The van der Waals surface area contributed by atoms with Gasteiger partial charge in [0.25, 0.3) is 0 Å². The molecule has 0 saturated carbocycles. The summed E-state index contributed by atoms with van der Waals surface area (Å²) in [5, 5.41) is 0.479. The summed E-state index contributed by atoms with van der Waals surface area (Å²) in [7, 11) is 0. The fourth-order valence-corrected chi connectivity index (χ4v) is 2.04. The van der Waals surface area contributed by atoms with E-state index >= 15 is 0 Å². The fraction of sp³-hybridized carbons (Fsp3) is 0.417. The van der Waals surface area contributed by atoms with Crippen LogP contribution < -0.4 is 5.73 Å². The highest BCUT2D eigenvalue weighted by Gasteiger charge is 2.11. The van der Waals surface area contributed by atoms with Crippen LogP contribution in [0.4, 0.5) is 5.69 Å². The summed E-state index contributed by atoms with van der Waals surface area (Å²) in [5.41, 5.74) is 6.40. The molecule has 1 aromatic carbocycles. The summed E-state index contributed by atoms with van der Waals surface area (Å²) < 4.78 is 5.12. The lowest BCUT2D eigenvalue weighted by molar-refractivity contribution is 0.0507. The maximum absolute atomic E-state index is 11.7. The highest BCUT2D eigenvalue weighted by molar-refractivity contribution is 7.99. The number of ether oxygens (including phenoxy) is 1. The molecule has 0 spiro atoms. The maximum Gasteiger partial charge on any atom is 0.340 e. The second-order valence-electron chi connectivity index (χ2n) is 3.42. The molecular weight excluding hydrogens is 258 g/mol. The number of esters is 1. The third-order valence-electron chi connectivity index (χ3n) is 2.11. The Balaban J connectivity index is 2.44. The van der Waals surface area contributed by atoms with Gasteiger partial charge >= 0.3 is 5.97 Å². The minimum atomic E-state index is -0.411. The van der Waals surface area contributed by atoms with Crippen LogP contribution in [0.1, 0.15) is 23.7 Å². The Morgan fingerprint density at radius 1 is 1.53 bits per heavy atom. The Kier molecular flexibility index (Phi) is 6.22. The zero-order valence-corrected chi connectivity index (χ0v) is 11.3. The molecule has 17 heavy (non-hydrogen) atoms. The van der Waals surface area contributed by atoms with Crippen LogP contribution in [0.25, 0.3) is 0 Å². The van der Waals surface area contributed by atoms with Gasteiger partial charge in [-0.25, -0.2) is 4.79 Å². The fourth-order valence-electron chi connectivity index (χ4n) is 1.25. The SMILES string of the molecule is CCSCCCOC(=O)c1cc(Cl)ccc1N. The Labute approximate surface area is 111 Å². The Bertz CT molecular complexity index is 385. The van der Waals surface area contributed by atoms with Gasteiger partial charge in [-0.05, 0) is 36.1 Å². The van der Waals surface area contributed by atoms with E-state index in [1.807, 2.05) is 11.8 Å². The predicted octanol–water partition coefficient (Wildman–Crippen LogP) is 3.22. The Hall–Kier alpha value is -0.870. The van der Waals surface area contributed by atoms with E-state index in [-0.39, 0.29) is 0 Å². The lowest BCUT2D eigenvalue weighted by Gasteiger charge is -2.07. The van der Waals surface area contributed by atoms with Crippen LogP contribution >= 0.6 is 23.4 Å². The van der Waals surface area contributed by atoms with Crippen molar-refractivity contribution >= 4 is 35.0 Å². The predicted molar refractivity (Wildman–Crippen MR) is 73.8 cm³/mol. The first-order valence-corrected chi connectivity index (χ1v) is 6.98. The van der Waals surface area contributed by atoms with Crippen molar-refractivity contribution in [3.63, 3.8) is 0 Å². The van der Waals surface area contributed by atoms with Gasteiger partial charge in [0.1, 0.15) is 0 Å². The standard InChI is InChI=1S/C12H16ClNO2S/c1-2-17-7-3-6-16-12(15)10-8-9(13)4-5-11(10)14/h4-5,8H,2-3,6-7,14H2,1H3. The topological polar surface area (TPSA) is 52.3 Å². The molecule has 1 aromatic rings. The minimum absolute atomic E-state index is 0.334. The monoisotopic (exact) mass is 273 g/mol. The molecule has 0 aliphatic carbocycles. The van der Waals surface area contributed by atoms with Crippen molar-refractivity contribution in [1.82, 2.24) is 0 Å². The van der Waals surface area contributed by atoms with Crippen LogP contribution in [0.15, 0.2) is 18.2 Å². The molecule has 0 aromatic heterocycles. The zero-order chi connectivity index (χ0) is 12.7. The van der Waals surface area contributed by atoms with E-state index < -0.39 is 5.97 Å². The number of rotatable bonds is 6.